The van der Waals surface area contributed by atoms with Crippen LogP contribution in [0.3, 0.4) is 0 Å². The molecule has 1 saturated heterocycles. The third kappa shape index (κ3) is 18.4. The van der Waals surface area contributed by atoms with Crippen molar-refractivity contribution in [1.82, 2.24) is 0 Å². The first-order valence-electron chi connectivity index (χ1n) is 23.7. The van der Waals surface area contributed by atoms with Gasteiger partial charge in [-0.2, -0.15) is 0 Å². The van der Waals surface area contributed by atoms with Crippen LogP contribution in [0, 0.1) is 11.8 Å². The van der Waals surface area contributed by atoms with Crippen LogP contribution in [0.4, 0.5) is 0 Å². The number of hydrogen-bond donors (Lipinski definition) is 0. The lowest BCUT2D eigenvalue weighted by atomic mass is 9.88. The van der Waals surface area contributed by atoms with Crippen LogP contribution >= 0.6 is 0 Å². The van der Waals surface area contributed by atoms with Crippen LogP contribution in [0.1, 0.15) is 139 Å². The summed E-state index contributed by atoms with van der Waals surface area (Å²) in [7, 11) is 0. The Hall–Kier alpha value is -2.98. The molecule has 14 unspecified atom stereocenters. The van der Waals surface area contributed by atoms with Gasteiger partial charge in [-0.3, -0.25) is 4.79 Å². The van der Waals surface area contributed by atoms with Crippen LogP contribution in [0.2, 0.25) is 0 Å². The second-order valence-corrected chi connectivity index (χ2v) is 17.4. The molecule has 364 valence electrons. The van der Waals surface area contributed by atoms with Crippen LogP contribution < -0.4 is 0 Å². The summed E-state index contributed by atoms with van der Waals surface area (Å²) in [6.45, 7) is 29.2. The van der Waals surface area contributed by atoms with Crippen molar-refractivity contribution in [2.24, 2.45) is 11.8 Å². The second kappa shape index (κ2) is 27.6. The Morgan fingerprint density at radius 2 is 1.52 bits per heavy atom. The number of allylic oxidation sites excluding steroid dienone is 2. The van der Waals surface area contributed by atoms with Crippen molar-refractivity contribution in [3.8, 4) is 0 Å². The van der Waals surface area contributed by atoms with Gasteiger partial charge in [-0.15, -0.1) is 0 Å². The largest absolute Gasteiger partial charge is 0.457 e. The van der Waals surface area contributed by atoms with Gasteiger partial charge in [-0.05, 0) is 119 Å². The Kier molecular flexibility index (Phi) is 23.9. The van der Waals surface area contributed by atoms with Crippen LogP contribution in [-0.2, 0) is 56.9 Å². The van der Waals surface area contributed by atoms with Gasteiger partial charge in [0.15, 0.2) is 25.2 Å². The molecule has 0 aliphatic carbocycles. The molecule has 0 bridgehead atoms. The molecule has 3 rings (SSSR count). The quantitative estimate of drug-likeness (QED) is 0.0287. The Balaban J connectivity index is 2.00. The molecule has 1 aromatic carbocycles. The topological polar surface area (TPSA) is 139 Å². The molecule has 1 fully saturated rings. The number of hydrogen-bond acceptors (Lipinski definition) is 13. The van der Waals surface area contributed by atoms with E-state index < -0.39 is 60.3 Å². The van der Waals surface area contributed by atoms with Crippen LogP contribution in [0.15, 0.2) is 66.3 Å². The molecule has 0 spiro atoms. The highest BCUT2D eigenvalue weighted by Crippen LogP contribution is 2.40. The molecule has 2 aliphatic rings. The number of epoxide rings is 1. The van der Waals surface area contributed by atoms with Gasteiger partial charge in [0.05, 0.1) is 42.0 Å². The fourth-order valence-corrected chi connectivity index (χ4v) is 8.43. The van der Waals surface area contributed by atoms with Crippen molar-refractivity contribution in [3.05, 3.63) is 71.8 Å². The lowest BCUT2D eigenvalue weighted by molar-refractivity contribution is -0.225. The van der Waals surface area contributed by atoms with Crippen molar-refractivity contribution in [2.45, 2.75) is 202 Å². The lowest BCUT2D eigenvalue weighted by Gasteiger charge is -2.39. The van der Waals surface area contributed by atoms with E-state index in [1.807, 2.05) is 113 Å². The van der Waals surface area contributed by atoms with Gasteiger partial charge < -0.3 is 52.1 Å². The highest BCUT2D eigenvalue weighted by molar-refractivity contribution is 5.89. The van der Waals surface area contributed by atoms with E-state index in [2.05, 4.69) is 13.8 Å². The lowest BCUT2D eigenvalue weighted by Crippen LogP contribution is -2.47. The van der Waals surface area contributed by atoms with Gasteiger partial charge in [-0.1, -0.05) is 63.3 Å². The van der Waals surface area contributed by atoms with E-state index in [1.165, 1.54) is 0 Å². The Labute approximate surface area is 384 Å². The zero-order valence-electron chi connectivity index (χ0n) is 41.4. The van der Waals surface area contributed by atoms with Gasteiger partial charge in [0.25, 0.3) is 0 Å². The smallest absolute Gasteiger partial charge is 0.338 e. The molecule has 0 N–H and O–H groups in total. The van der Waals surface area contributed by atoms with Gasteiger partial charge >= 0.3 is 11.9 Å². The zero-order valence-corrected chi connectivity index (χ0v) is 41.4. The Bertz CT molecular complexity index is 1600. The summed E-state index contributed by atoms with van der Waals surface area (Å²) < 4.78 is 67.7. The highest BCUT2D eigenvalue weighted by Gasteiger charge is 2.49. The van der Waals surface area contributed by atoms with E-state index in [0.717, 1.165) is 12.0 Å². The Morgan fingerprint density at radius 3 is 2.16 bits per heavy atom. The van der Waals surface area contributed by atoms with Crippen molar-refractivity contribution in [2.75, 3.05) is 26.4 Å². The molecule has 2 heterocycles. The molecule has 1 aromatic rings. The van der Waals surface area contributed by atoms with Gasteiger partial charge in [0, 0.05) is 44.7 Å². The molecule has 13 nitrogen and oxygen atoms in total. The Morgan fingerprint density at radius 1 is 0.891 bits per heavy atom. The van der Waals surface area contributed by atoms with Crippen molar-refractivity contribution in [3.63, 3.8) is 0 Å². The molecule has 0 amide bonds. The number of benzene rings is 1. The van der Waals surface area contributed by atoms with E-state index in [1.54, 1.807) is 31.2 Å². The summed E-state index contributed by atoms with van der Waals surface area (Å²) in [6.07, 6.45) is 7.63. The summed E-state index contributed by atoms with van der Waals surface area (Å²) in [5.74, 6) is -1.12. The number of rotatable bonds is 26. The molecule has 0 aromatic heterocycles. The first kappa shape index (κ1) is 55.3. The van der Waals surface area contributed by atoms with Gasteiger partial charge in [-0.25, -0.2) is 4.79 Å². The maximum Gasteiger partial charge on any atom is 0.338 e. The highest BCUT2D eigenvalue weighted by atomic mass is 16.7. The normalized spacial score (nSPS) is 28.5. The fraction of sp³-hybridized carbons (Fsp3) is 0.725. The first-order valence-corrected chi connectivity index (χ1v) is 23.7. The minimum Gasteiger partial charge on any atom is -0.457 e. The molecule has 14 atom stereocenters. The van der Waals surface area contributed by atoms with E-state index in [9.17, 15) is 9.59 Å². The number of ether oxygens (including phenoxy) is 11. The average Bonchev–Trinajstić information content (AvgIpc) is 4.00. The minimum absolute atomic E-state index is 0.00723. The van der Waals surface area contributed by atoms with E-state index in [-0.39, 0.29) is 42.9 Å². The van der Waals surface area contributed by atoms with E-state index in [4.69, 9.17) is 52.1 Å². The molecule has 0 radical (unpaired) electrons. The minimum atomic E-state index is -1.09. The summed E-state index contributed by atoms with van der Waals surface area (Å²) >= 11 is 0. The molecule has 64 heavy (non-hydrogen) atoms. The standard InChI is InChI=1S/C51H82O13/c1-15-43(59-38(10)55-17-3)36(8)48-44(60-48)33-50(13,63-39(11)56-18-4)30-23-24-34(6)47-35(7)27-28-45(61-49(53)41-25-21-20-22-26-41)51(14,64-40(12)57-19-5)31-29-42(32-46(52)62-47)58-37(9)54-16-2/h20-28,30,35-40,42-45,47-48H,15-19,29,31-33H2,1-14H3. The third-order valence-electron chi connectivity index (χ3n) is 11.7. The second-order valence-electron chi connectivity index (χ2n) is 17.4. The average molecular weight is 903 g/mol. The SMILES string of the molecule is CCOC(C)OC1CCC(C)(OC(C)OCC)C(OC(=O)c2ccccc2)C=CC(C)C(C(C)=CC=CC(C)(CC2OC2C(C)C(CC)OC(C)OCC)OC(C)OCC)OC(=O)C1. The van der Waals surface area contributed by atoms with Crippen molar-refractivity contribution < 1.29 is 61.7 Å². The summed E-state index contributed by atoms with van der Waals surface area (Å²) in [4.78, 5) is 27.6. The first-order chi connectivity index (χ1) is 30.4. The van der Waals surface area contributed by atoms with E-state index in [0.29, 0.717) is 51.3 Å². The van der Waals surface area contributed by atoms with Crippen LogP contribution in [-0.4, -0.2) is 111 Å². The fourth-order valence-electron chi connectivity index (χ4n) is 8.43. The monoisotopic (exact) mass is 903 g/mol. The van der Waals surface area contributed by atoms with Crippen molar-refractivity contribution >= 4 is 11.9 Å². The molecular weight excluding hydrogens is 821 g/mol. The maximum atomic E-state index is 13.9. The summed E-state index contributed by atoms with van der Waals surface area (Å²) in [5, 5.41) is 0. The maximum absolute atomic E-state index is 13.9. The molecule has 2 aliphatic heterocycles. The number of esters is 2. The summed E-state index contributed by atoms with van der Waals surface area (Å²) in [6, 6.07) is 8.86. The van der Waals surface area contributed by atoms with Crippen molar-refractivity contribution in [1.29, 1.82) is 0 Å². The van der Waals surface area contributed by atoms with E-state index >= 15 is 0 Å². The van der Waals surface area contributed by atoms with Gasteiger partial charge in [0.1, 0.15) is 17.8 Å². The van der Waals surface area contributed by atoms with Gasteiger partial charge in [0.2, 0.25) is 0 Å². The summed E-state index contributed by atoms with van der Waals surface area (Å²) in [5.41, 5.74) is -0.645. The number of cyclic esters (lactones) is 1. The number of carbonyl (C=O) groups excluding carboxylic acids is 2. The molecule has 13 heteroatoms. The molecular formula is C51H82O13. The zero-order chi connectivity index (χ0) is 47.5. The number of carbonyl (C=O) groups is 2. The van der Waals surface area contributed by atoms with Crippen LogP contribution in [0.25, 0.3) is 0 Å². The molecule has 0 saturated carbocycles. The third-order valence-corrected chi connectivity index (χ3v) is 11.7. The van der Waals surface area contributed by atoms with Crippen LogP contribution in [0.5, 0.6) is 0 Å². The predicted octanol–water partition coefficient (Wildman–Crippen LogP) is 10.1. The predicted molar refractivity (Wildman–Crippen MR) is 246 cm³/mol.